The molecule has 1 fully saturated rings. The fraction of sp³-hybridized carbons (Fsp3) is 0.423. The minimum absolute atomic E-state index is 0. The predicted molar refractivity (Wildman–Crippen MR) is 139 cm³/mol. The van der Waals surface area contributed by atoms with Crippen LogP contribution in [0.25, 0.3) is 16.9 Å². The van der Waals surface area contributed by atoms with Crippen molar-refractivity contribution in [2.45, 2.75) is 52.2 Å². The fourth-order valence-electron chi connectivity index (χ4n) is 4.76. The monoisotopic (exact) mass is 506 g/mol. The zero-order valence-electron chi connectivity index (χ0n) is 20.8. The SMILES string of the molecule is Cc1c(-c2cc(OC(CC(C)C)c3ccccn3)n3c(C#N)cnc3c2)nnn1C1CCNCC1.Cl. The molecule has 36 heavy (non-hydrogen) atoms. The lowest BCUT2D eigenvalue weighted by Gasteiger charge is -2.23. The molecular weight excluding hydrogens is 476 g/mol. The predicted octanol–water partition coefficient (Wildman–Crippen LogP) is 4.68. The molecule has 0 radical (unpaired) electrons. The summed E-state index contributed by atoms with van der Waals surface area (Å²) in [4.78, 5) is 9.03. The summed E-state index contributed by atoms with van der Waals surface area (Å²) in [6.07, 6.45) is 5.93. The molecule has 0 saturated carbocycles. The van der Waals surface area contributed by atoms with Gasteiger partial charge in [-0.1, -0.05) is 25.1 Å². The number of nitriles is 1. The van der Waals surface area contributed by atoms with Gasteiger partial charge in [-0.2, -0.15) is 5.26 Å². The van der Waals surface area contributed by atoms with Crippen molar-refractivity contribution in [1.29, 1.82) is 5.26 Å². The van der Waals surface area contributed by atoms with Crippen molar-refractivity contribution in [1.82, 2.24) is 34.7 Å². The topological polar surface area (TPSA) is 106 Å². The highest BCUT2D eigenvalue weighted by Gasteiger charge is 2.24. The molecule has 0 bridgehead atoms. The molecule has 0 spiro atoms. The van der Waals surface area contributed by atoms with Gasteiger partial charge in [0.15, 0.2) is 0 Å². The lowest BCUT2D eigenvalue weighted by atomic mass is 10.0. The van der Waals surface area contributed by atoms with Gasteiger partial charge in [0.25, 0.3) is 0 Å². The molecule has 0 aromatic carbocycles. The molecule has 4 aromatic heterocycles. The van der Waals surface area contributed by atoms with Crippen LogP contribution in [0.4, 0.5) is 0 Å². The van der Waals surface area contributed by atoms with Gasteiger partial charge in [0, 0.05) is 17.8 Å². The molecule has 5 rings (SSSR count). The van der Waals surface area contributed by atoms with E-state index in [1.807, 2.05) is 35.0 Å². The highest BCUT2D eigenvalue weighted by Crippen LogP contribution is 2.33. The third-order valence-corrected chi connectivity index (χ3v) is 6.51. The first-order valence-electron chi connectivity index (χ1n) is 12.2. The highest BCUT2D eigenvalue weighted by molar-refractivity contribution is 5.85. The van der Waals surface area contributed by atoms with E-state index in [9.17, 15) is 5.26 Å². The normalized spacial score (nSPS) is 15.0. The van der Waals surface area contributed by atoms with Gasteiger partial charge >= 0.3 is 0 Å². The average Bonchev–Trinajstić information content (AvgIpc) is 3.47. The van der Waals surface area contributed by atoms with Crippen molar-refractivity contribution in [3.63, 3.8) is 0 Å². The van der Waals surface area contributed by atoms with E-state index < -0.39 is 0 Å². The van der Waals surface area contributed by atoms with Crippen LogP contribution in [0.5, 0.6) is 5.88 Å². The number of imidazole rings is 1. The van der Waals surface area contributed by atoms with Gasteiger partial charge in [0.2, 0.25) is 5.88 Å². The van der Waals surface area contributed by atoms with E-state index in [2.05, 4.69) is 52.4 Å². The van der Waals surface area contributed by atoms with Crippen LogP contribution in [0.2, 0.25) is 0 Å². The Morgan fingerprint density at radius 1 is 1.19 bits per heavy atom. The van der Waals surface area contributed by atoms with Crippen molar-refractivity contribution >= 4 is 18.1 Å². The fourth-order valence-corrected chi connectivity index (χ4v) is 4.76. The van der Waals surface area contributed by atoms with Crippen molar-refractivity contribution < 1.29 is 4.74 Å². The lowest BCUT2D eigenvalue weighted by molar-refractivity contribution is 0.163. The molecule has 5 heterocycles. The molecule has 1 aliphatic rings. The highest BCUT2D eigenvalue weighted by atomic mass is 35.5. The Morgan fingerprint density at radius 2 is 2.00 bits per heavy atom. The summed E-state index contributed by atoms with van der Waals surface area (Å²) >= 11 is 0. The van der Waals surface area contributed by atoms with Crippen molar-refractivity contribution in [3.05, 3.63) is 59.8 Å². The van der Waals surface area contributed by atoms with Crippen LogP contribution in [0.15, 0.2) is 42.7 Å². The summed E-state index contributed by atoms with van der Waals surface area (Å²) in [6.45, 7) is 8.35. The first kappa shape index (κ1) is 25.6. The number of ether oxygens (including phenoxy) is 1. The molecule has 4 aromatic rings. The van der Waals surface area contributed by atoms with Gasteiger partial charge < -0.3 is 10.1 Å². The second-order valence-corrected chi connectivity index (χ2v) is 9.47. The summed E-state index contributed by atoms with van der Waals surface area (Å²) in [5.41, 5.74) is 4.59. The number of nitrogens with one attached hydrogen (secondary N) is 1. The van der Waals surface area contributed by atoms with Gasteiger partial charge in [-0.15, -0.1) is 17.5 Å². The Bertz CT molecular complexity index is 1350. The molecular formula is C26H31ClN8O. The molecule has 1 unspecified atom stereocenters. The van der Waals surface area contributed by atoms with Gasteiger partial charge in [-0.05, 0) is 63.4 Å². The summed E-state index contributed by atoms with van der Waals surface area (Å²) in [7, 11) is 0. The number of hydrogen-bond donors (Lipinski definition) is 1. The first-order chi connectivity index (χ1) is 17.0. The van der Waals surface area contributed by atoms with Gasteiger partial charge in [-0.25, -0.2) is 9.67 Å². The summed E-state index contributed by atoms with van der Waals surface area (Å²) in [5.74, 6) is 0.935. The largest absolute Gasteiger partial charge is 0.469 e. The quantitative estimate of drug-likeness (QED) is 0.388. The Morgan fingerprint density at radius 3 is 2.69 bits per heavy atom. The van der Waals surface area contributed by atoms with E-state index in [4.69, 9.17) is 4.74 Å². The maximum absolute atomic E-state index is 9.71. The van der Waals surface area contributed by atoms with Crippen LogP contribution >= 0.6 is 12.4 Å². The third-order valence-electron chi connectivity index (χ3n) is 6.51. The van der Waals surface area contributed by atoms with Crippen LogP contribution in [0.1, 0.15) is 62.3 Å². The number of pyridine rings is 2. The van der Waals surface area contributed by atoms with Crippen LogP contribution in [0, 0.1) is 24.2 Å². The molecule has 1 aliphatic heterocycles. The standard InChI is InChI=1S/C26H30N8O.ClH/c1-17(2)12-23(22-6-4-5-9-29-22)35-25-14-19(13-24-30-16-21(15-27)33(24)25)26-18(3)34(32-31-26)20-7-10-28-11-8-20;/h4-6,9,13-14,16-17,20,23,28H,7-8,10-12H2,1-3H3;1H. The minimum atomic E-state index is -0.268. The smallest absolute Gasteiger partial charge is 0.201 e. The molecule has 0 amide bonds. The van der Waals surface area contributed by atoms with Crippen molar-refractivity contribution in [2.24, 2.45) is 5.92 Å². The van der Waals surface area contributed by atoms with Gasteiger partial charge in [-0.3, -0.25) is 9.38 Å². The second-order valence-electron chi connectivity index (χ2n) is 9.47. The van der Waals surface area contributed by atoms with Gasteiger partial charge in [0.05, 0.1) is 23.6 Å². The Kier molecular flexibility index (Phi) is 7.87. The Balaban J connectivity index is 0.00000304. The number of nitrogens with zero attached hydrogens (tertiary/aromatic N) is 7. The summed E-state index contributed by atoms with van der Waals surface area (Å²) in [6, 6.07) is 12.3. The van der Waals surface area contributed by atoms with E-state index in [1.54, 1.807) is 16.8 Å². The second kappa shape index (κ2) is 11.1. The van der Waals surface area contributed by atoms with E-state index >= 15 is 0 Å². The molecule has 1 N–H and O–H groups in total. The zero-order valence-corrected chi connectivity index (χ0v) is 21.6. The summed E-state index contributed by atoms with van der Waals surface area (Å²) in [5, 5.41) is 22.2. The van der Waals surface area contributed by atoms with E-state index in [0.29, 0.717) is 29.2 Å². The molecule has 188 valence electrons. The maximum Gasteiger partial charge on any atom is 0.201 e. The maximum atomic E-state index is 9.71. The van der Waals surface area contributed by atoms with E-state index in [-0.39, 0.29) is 18.5 Å². The van der Waals surface area contributed by atoms with Crippen LogP contribution in [-0.2, 0) is 0 Å². The number of aromatic nitrogens is 6. The number of fused-ring (bicyclic) bond motifs is 1. The molecule has 1 saturated heterocycles. The number of hydrogen-bond acceptors (Lipinski definition) is 7. The van der Waals surface area contributed by atoms with Crippen LogP contribution in [-0.4, -0.2) is 42.5 Å². The molecule has 1 atom stereocenters. The van der Waals surface area contributed by atoms with E-state index in [1.165, 1.54) is 0 Å². The molecule has 9 nitrogen and oxygen atoms in total. The average molecular weight is 507 g/mol. The number of rotatable bonds is 7. The van der Waals surface area contributed by atoms with Crippen LogP contribution < -0.4 is 10.1 Å². The Labute approximate surface area is 216 Å². The zero-order chi connectivity index (χ0) is 24.4. The molecule has 0 aliphatic carbocycles. The third kappa shape index (κ3) is 5.06. The minimum Gasteiger partial charge on any atom is -0.469 e. The summed E-state index contributed by atoms with van der Waals surface area (Å²) < 4.78 is 10.4. The van der Waals surface area contributed by atoms with E-state index in [0.717, 1.165) is 55.0 Å². The van der Waals surface area contributed by atoms with Crippen molar-refractivity contribution in [3.8, 4) is 23.2 Å². The number of piperidine rings is 1. The lowest BCUT2D eigenvalue weighted by Crippen LogP contribution is -2.30. The van der Waals surface area contributed by atoms with Crippen LogP contribution in [0.3, 0.4) is 0 Å². The number of halogens is 1. The van der Waals surface area contributed by atoms with Crippen molar-refractivity contribution in [2.75, 3.05) is 13.1 Å². The first-order valence-corrected chi connectivity index (χ1v) is 12.2. The Hall–Kier alpha value is -3.48. The van der Waals surface area contributed by atoms with Gasteiger partial charge in [0.1, 0.15) is 29.2 Å². The molecule has 10 heteroatoms.